The topological polar surface area (TPSA) is 52.0 Å². The third-order valence-electron chi connectivity index (χ3n) is 3.25. The zero-order valence-electron chi connectivity index (χ0n) is 10.1. The second-order valence-electron chi connectivity index (χ2n) is 4.47. The van der Waals surface area contributed by atoms with Gasteiger partial charge in [0.2, 0.25) is 0 Å². The minimum Gasteiger partial charge on any atom is -0.307 e. The maximum atomic E-state index is 12.0. The number of thiazole rings is 1. The fourth-order valence-corrected chi connectivity index (χ4v) is 3.35. The zero-order valence-corrected chi connectivity index (χ0v) is 11.6. The van der Waals surface area contributed by atoms with Crippen molar-refractivity contribution in [3.63, 3.8) is 0 Å². The van der Waals surface area contributed by atoms with Crippen molar-refractivity contribution in [3.8, 4) is 0 Å². The number of carbonyl (C=O) groups is 1. The van der Waals surface area contributed by atoms with E-state index in [0.29, 0.717) is 23.0 Å². The van der Waals surface area contributed by atoms with Gasteiger partial charge in [-0.3, -0.25) is 9.59 Å². The number of hydrogen-bond donors (Lipinski definition) is 0. The number of fused-ring (bicyclic) bond motifs is 1. The third kappa shape index (κ3) is 2.35. The fourth-order valence-electron chi connectivity index (χ4n) is 2.38. The molecule has 2 heterocycles. The summed E-state index contributed by atoms with van der Waals surface area (Å²) in [6.07, 6.45) is 3.81. The molecule has 0 bridgehead atoms. The Kier molecular flexibility index (Phi) is 3.24. The van der Waals surface area contributed by atoms with Gasteiger partial charge in [-0.25, -0.2) is 4.98 Å². The third-order valence-corrected chi connectivity index (χ3v) is 4.35. The number of nitrogens with zero attached hydrogens (tertiary/aromatic N) is 2. The molecule has 0 saturated heterocycles. The van der Waals surface area contributed by atoms with Crippen LogP contribution in [0.1, 0.15) is 33.8 Å². The maximum Gasteiger partial charge on any atom is 0.251 e. The molecule has 0 aliphatic heterocycles. The van der Waals surface area contributed by atoms with Gasteiger partial charge in [0.25, 0.3) is 5.56 Å². The number of ketones is 1. The summed E-state index contributed by atoms with van der Waals surface area (Å²) in [7, 11) is 0. The second-order valence-corrected chi connectivity index (χ2v) is 6.17. The molecular weight excluding hydrogens is 284 g/mol. The second kappa shape index (κ2) is 4.90. The molecule has 2 aromatic rings. The van der Waals surface area contributed by atoms with Crippen molar-refractivity contribution >= 4 is 28.7 Å². The molecule has 19 heavy (non-hydrogen) atoms. The monoisotopic (exact) mass is 294 g/mol. The molecule has 0 radical (unpaired) electrons. The molecule has 0 saturated carbocycles. The van der Waals surface area contributed by atoms with Gasteiger partial charge in [-0.05, 0) is 18.9 Å². The molecule has 4 nitrogen and oxygen atoms in total. The number of aromatic nitrogens is 2. The van der Waals surface area contributed by atoms with E-state index in [9.17, 15) is 9.59 Å². The Morgan fingerprint density at radius 1 is 1.32 bits per heavy atom. The van der Waals surface area contributed by atoms with E-state index in [2.05, 4.69) is 4.98 Å². The predicted molar refractivity (Wildman–Crippen MR) is 74.2 cm³/mol. The van der Waals surface area contributed by atoms with Crippen LogP contribution in [0.5, 0.6) is 0 Å². The van der Waals surface area contributed by atoms with E-state index in [0.717, 1.165) is 23.4 Å². The van der Waals surface area contributed by atoms with Gasteiger partial charge in [0.05, 0.1) is 6.54 Å². The van der Waals surface area contributed by atoms with E-state index in [1.54, 1.807) is 16.8 Å². The normalized spacial score (nSPS) is 14.5. The predicted octanol–water partition coefficient (Wildman–Crippen LogP) is 2.53. The van der Waals surface area contributed by atoms with E-state index >= 15 is 0 Å². The van der Waals surface area contributed by atoms with Crippen molar-refractivity contribution in [2.45, 2.75) is 25.8 Å². The van der Waals surface area contributed by atoms with Crippen LogP contribution >= 0.6 is 22.9 Å². The Balaban J connectivity index is 2.07. The minimum atomic E-state index is -0.0852. The van der Waals surface area contributed by atoms with Crippen LogP contribution in [0.4, 0.5) is 0 Å². The molecular formula is C13H11ClN2O2S. The number of Topliss-reactive ketones (excluding diaryl/α,β-unsaturated/α-hetero) is 1. The zero-order chi connectivity index (χ0) is 13.4. The highest BCUT2D eigenvalue weighted by Crippen LogP contribution is 2.22. The molecule has 3 rings (SSSR count). The van der Waals surface area contributed by atoms with Crippen molar-refractivity contribution in [1.82, 2.24) is 9.55 Å². The molecule has 6 heteroatoms. The fraction of sp³-hybridized carbons (Fsp3) is 0.308. The summed E-state index contributed by atoms with van der Waals surface area (Å²) in [5.41, 5.74) is 1.44. The largest absolute Gasteiger partial charge is 0.307 e. The van der Waals surface area contributed by atoms with Gasteiger partial charge in [0, 0.05) is 34.8 Å². The first-order valence-electron chi connectivity index (χ1n) is 6.01. The quantitative estimate of drug-likeness (QED) is 0.855. The first kappa shape index (κ1) is 12.6. The Labute approximate surface area is 118 Å². The summed E-state index contributed by atoms with van der Waals surface area (Å²) >= 11 is 7.15. The van der Waals surface area contributed by atoms with Crippen molar-refractivity contribution in [2.24, 2.45) is 0 Å². The Morgan fingerprint density at radius 3 is 2.89 bits per heavy atom. The van der Waals surface area contributed by atoms with Crippen LogP contribution < -0.4 is 5.56 Å². The van der Waals surface area contributed by atoms with Crippen molar-refractivity contribution in [3.05, 3.63) is 49.3 Å². The van der Waals surface area contributed by atoms with Crippen molar-refractivity contribution < 1.29 is 4.79 Å². The lowest BCUT2D eigenvalue weighted by Gasteiger charge is -2.19. The lowest BCUT2D eigenvalue weighted by molar-refractivity contribution is 0.0970. The van der Waals surface area contributed by atoms with Gasteiger partial charge in [0.15, 0.2) is 10.3 Å². The molecule has 1 aliphatic carbocycles. The van der Waals surface area contributed by atoms with E-state index in [1.165, 1.54) is 17.4 Å². The van der Waals surface area contributed by atoms with E-state index in [4.69, 9.17) is 11.6 Å². The van der Waals surface area contributed by atoms with Crippen LogP contribution in [0.3, 0.4) is 0 Å². The summed E-state index contributed by atoms with van der Waals surface area (Å²) in [6.45, 7) is 0.430. The van der Waals surface area contributed by atoms with Crippen LogP contribution in [0.2, 0.25) is 4.47 Å². The van der Waals surface area contributed by atoms with Gasteiger partial charge in [-0.2, -0.15) is 0 Å². The molecule has 0 aromatic carbocycles. The standard InChI is InChI=1S/C13H11ClN2O2S/c14-13-15-6-8(19-13)7-16-10-2-1-3-11(17)9(10)4-5-12(16)18/h4-6H,1-3,7H2. The maximum absolute atomic E-state index is 12.0. The van der Waals surface area contributed by atoms with Gasteiger partial charge >= 0.3 is 0 Å². The van der Waals surface area contributed by atoms with E-state index < -0.39 is 0 Å². The SMILES string of the molecule is O=C1CCCc2c1ccc(=O)n2Cc1cnc(Cl)s1. The highest BCUT2D eigenvalue weighted by Gasteiger charge is 2.20. The molecule has 0 N–H and O–H groups in total. The molecule has 0 unspecified atom stereocenters. The van der Waals surface area contributed by atoms with Crippen LogP contribution in [-0.4, -0.2) is 15.3 Å². The first-order chi connectivity index (χ1) is 9.15. The van der Waals surface area contributed by atoms with Gasteiger partial charge in [-0.1, -0.05) is 11.6 Å². The number of halogens is 1. The number of carbonyl (C=O) groups excluding carboxylic acids is 1. The molecule has 1 aliphatic rings. The minimum absolute atomic E-state index is 0.0852. The average Bonchev–Trinajstić information content (AvgIpc) is 2.79. The molecule has 0 amide bonds. The van der Waals surface area contributed by atoms with Gasteiger partial charge in [-0.15, -0.1) is 11.3 Å². The molecule has 98 valence electrons. The first-order valence-corrected chi connectivity index (χ1v) is 7.21. The Morgan fingerprint density at radius 2 is 2.16 bits per heavy atom. The van der Waals surface area contributed by atoms with Crippen LogP contribution in [0.15, 0.2) is 23.1 Å². The van der Waals surface area contributed by atoms with Crippen LogP contribution in [0.25, 0.3) is 0 Å². The molecule has 2 aromatic heterocycles. The summed E-state index contributed by atoms with van der Waals surface area (Å²) in [4.78, 5) is 28.8. The van der Waals surface area contributed by atoms with E-state index in [1.807, 2.05) is 0 Å². The number of hydrogen-bond acceptors (Lipinski definition) is 4. The number of rotatable bonds is 2. The lowest BCUT2D eigenvalue weighted by atomic mass is 9.94. The summed E-state index contributed by atoms with van der Waals surface area (Å²) < 4.78 is 2.12. The summed E-state index contributed by atoms with van der Waals surface area (Å²) in [5, 5.41) is 0. The highest BCUT2D eigenvalue weighted by atomic mass is 35.5. The average molecular weight is 295 g/mol. The highest BCUT2D eigenvalue weighted by molar-refractivity contribution is 7.15. The Bertz CT molecular complexity index is 705. The number of pyridine rings is 1. The summed E-state index contributed by atoms with van der Waals surface area (Å²) in [6, 6.07) is 3.11. The lowest BCUT2D eigenvalue weighted by Crippen LogP contribution is -2.28. The van der Waals surface area contributed by atoms with Gasteiger partial charge in [0.1, 0.15) is 0 Å². The molecule has 0 fully saturated rings. The molecule has 0 spiro atoms. The van der Waals surface area contributed by atoms with Crippen LogP contribution in [-0.2, 0) is 13.0 Å². The van der Waals surface area contributed by atoms with E-state index in [-0.39, 0.29) is 11.3 Å². The Hall–Kier alpha value is -1.46. The summed E-state index contributed by atoms with van der Waals surface area (Å²) in [5.74, 6) is 0.123. The van der Waals surface area contributed by atoms with Crippen molar-refractivity contribution in [2.75, 3.05) is 0 Å². The van der Waals surface area contributed by atoms with Gasteiger partial charge < -0.3 is 4.57 Å². The van der Waals surface area contributed by atoms with Crippen LogP contribution in [0, 0.1) is 0 Å². The van der Waals surface area contributed by atoms with Crippen molar-refractivity contribution in [1.29, 1.82) is 0 Å². The molecule has 0 atom stereocenters. The smallest absolute Gasteiger partial charge is 0.251 e.